The van der Waals surface area contributed by atoms with Crippen LogP contribution in [0.3, 0.4) is 0 Å². The Morgan fingerprint density at radius 1 is 0.933 bits per heavy atom. The molecule has 1 nitrogen and oxygen atoms in total. The third-order valence-electron chi connectivity index (χ3n) is 4.67. The van der Waals surface area contributed by atoms with Crippen LogP contribution in [0.2, 0.25) is 0 Å². The zero-order chi connectivity index (χ0) is 10.8. The molecule has 1 saturated heterocycles. The summed E-state index contributed by atoms with van der Waals surface area (Å²) in [7, 11) is 0. The van der Waals surface area contributed by atoms with E-state index in [9.17, 15) is 0 Å². The Kier molecular flexibility index (Phi) is 3.71. The molecular formula is C14H27N. The summed E-state index contributed by atoms with van der Waals surface area (Å²) in [4.78, 5) is 0. The maximum atomic E-state index is 3.53. The summed E-state index contributed by atoms with van der Waals surface area (Å²) in [6.07, 6.45) is 5.89. The van der Waals surface area contributed by atoms with E-state index in [1.807, 2.05) is 0 Å². The molecule has 2 rings (SSSR count). The first-order valence-corrected chi connectivity index (χ1v) is 6.87. The molecule has 88 valence electrons. The molecule has 0 amide bonds. The second-order valence-corrected chi connectivity index (χ2v) is 6.31. The lowest BCUT2D eigenvalue weighted by Crippen LogP contribution is -2.40. The van der Waals surface area contributed by atoms with Crippen molar-refractivity contribution in [3.05, 3.63) is 0 Å². The summed E-state index contributed by atoms with van der Waals surface area (Å²) in [5.74, 6) is 4.89. The normalized spacial score (nSPS) is 47.8. The van der Waals surface area contributed by atoms with Crippen LogP contribution in [-0.4, -0.2) is 13.1 Å². The fourth-order valence-corrected chi connectivity index (χ4v) is 4.09. The second-order valence-electron chi connectivity index (χ2n) is 6.31. The molecule has 1 aliphatic heterocycles. The van der Waals surface area contributed by atoms with E-state index in [0.29, 0.717) is 0 Å². The van der Waals surface area contributed by atoms with Crippen molar-refractivity contribution in [1.29, 1.82) is 0 Å². The molecule has 1 saturated carbocycles. The van der Waals surface area contributed by atoms with E-state index in [4.69, 9.17) is 0 Å². The van der Waals surface area contributed by atoms with Gasteiger partial charge in [-0.2, -0.15) is 0 Å². The third kappa shape index (κ3) is 2.75. The minimum Gasteiger partial charge on any atom is -0.316 e. The molecule has 0 bridgehead atoms. The molecule has 4 unspecified atom stereocenters. The van der Waals surface area contributed by atoms with Crippen molar-refractivity contribution in [2.24, 2.45) is 29.6 Å². The Bertz CT molecular complexity index is 192. The van der Waals surface area contributed by atoms with Gasteiger partial charge in [0.05, 0.1) is 0 Å². The van der Waals surface area contributed by atoms with Gasteiger partial charge in [0, 0.05) is 0 Å². The molecule has 0 spiro atoms. The Labute approximate surface area is 95.0 Å². The van der Waals surface area contributed by atoms with Gasteiger partial charge in [-0.05, 0) is 68.4 Å². The van der Waals surface area contributed by atoms with Crippen LogP contribution in [0.1, 0.15) is 46.5 Å². The lowest BCUT2D eigenvalue weighted by Gasteiger charge is -2.41. The first kappa shape index (κ1) is 11.4. The van der Waals surface area contributed by atoms with Gasteiger partial charge in [0.2, 0.25) is 0 Å². The van der Waals surface area contributed by atoms with Crippen molar-refractivity contribution in [2.45, 2.75) is 46.5 Å². The Hall–Kier alpha value is -0.0400. The standard InChI is InChI=1S/C14H27N/c1-10-6-11(2)8-13(7-10)14-4-5-15-9-12(14)3/h10-15H,4-9H2,1-3H3. The average molecular weight is 209 g/mol. The van der Waals surface area contributed by atoms with Crippen molar-refractivity contribution >= 4 is 0 Å². The SMILES string of the molecule is CC1CC(C)CC(C2CCNCC2C)C1. The minimum absolute atomic E-state index is 0.904. The van der Waals surface area contributed by atoms with Crippen LogP contribution in [-0.2, 0) is 0 Å². The molecule has 0 aromatic rings. The molecule has 0 aromatic carbocycles. The van der Waals surface area contributed by atoms with Crippen LogP contribution in [0.15, 0.2) is 0 Å². The fraction of sp³-hybridized carbons (Fsp3) is 1.00. The van der Waals surface area contributed by atoms with E-state index in [1.165, 1.54) is 38.8 Å². The van der Waals surface area contributed by atoms with E-state index in [-0.39, 0.29) is 0 Å². The molecule has 1 N–H and O–H groups in total. The highest BCUT2D eigenvalue weighted by Gasteiger charge is 2.33. The Morgan fingerprint density at radius 3 is 2.20 bits per heavy atom. The maximum Gasteiger partial charge on any atom is -0.00204 e. The highest BCUT2D eigenvalue weighted by atomic mass is 14.9. The van der Waals surface area contributed by atoms with Crippen molar-refractivity contribution in [1.82, 2.24) is 5.32 Å². The Morgan fingerprint density at radius 2 is 1.60 bits per heavy atom. The lowest BCUT2D eigenvalue weighted by molar-refractivity contribution is 0.104. The summed E-state index contributed by atoms with van der Waals surface area (Å²) < 4.78 is 0. The summed E-state index contributed by atoms with van der Waals surface area (Å²) in [5, 5.41) is 3.53. The molecule has 4 atom stereocenters. The number of rotatable bonds is 1. The van der Waals surface area contributed by atoms with Crippen molar-refractivity contribution in [2.75, 3.05) is 13.1 Å². The summed E-state index contributed by atoms with van der Waals surface area (Å²) in [5.41, 5.74) is 0. The van der Waals surface area contributed by atoms with Crippen LogP contribution >= 0.6 is 0 Å². The van der Waals surface area contributed by atoms with E-state index in [1.54, 1.807) is 0 Å². The van der Waals surface area contributed by atoms with Gasteiger partial charge < -0.3 is 5.32 Å². The molecule has 0 aromatic heterocycles. The molecule has 1 aliphatic carbocycles. The van der Waals surface area contributed by atoms with Gasteiger partial charge in [0.15, 0.2) is 0 Å². The lowest BCUT2D eigenvalue weighted by atomic mass is 9.67. The van der Waals surface area contributed by atoms with Gasteiger partial charge in [0.25, 0.3) is 0 Å². The smallest absolute Gasteiger partial charge is 0.00204 e. The van der Waals surface area contributed by atoms with Crippen LogP contribution in [0, 0.1) is 29.6 Å². The zero-order valence-electron chi connectivity index (χ0n) is 10.6. The molecule has 1 heteroatoms. The molecule has 2 fully saturated rings. The quantitative estimate of drug-likeness (QED) is 0.698. The third-order valence-corrected chi connectivity index (χ3v) is 4.67. The predicted molar refractivity (Wildman–Crippen MR) is 65.8 cm³/mol. The van der Waals surface area contributed by atoms with Crippen LogP contribution in [0.5, 0.6) is 0 Å². The van der Waals surface area contributed by atoms with Gasteiger partial charge in [0.1, 0.15) is 0 Å². The van der Waals surface area contributed by atoms with Crippen LogP contribution in [0.25, 0.3) is 0 Å². The predicted octanol–water partition coefficient (Wildman–Crippen LogP) is 3.30. The summed E-state index contributed by atoms with van der Waals surface area (Å²) in [6, 6.07) is 0. The largest absolute Gasteiger partial charge is 0.316 e. The van der Waals surface area contributed by atoms with Crippen LogP contribution in [0.4, 0.5) is 0 Å². The van der Waals surface area contributed by atoms with E-state index < -0.39 is 0 Å². The summed E-state index contributed by atoms with van der Waals surface area (Å²) >= 11 is 0. The van der Waals surface area contributed by atoms with Crippen molar-refractivity contribution in [3.8, 4) is 0 Å². The second kappa shape index (κ2) is 4.86. The monoisotopic (exact) mass is 209 g/mol. The number of nitrogens with one attached hydrogen (secondary N) is 1. The van der Waals surface area contributed by atoms with Crippen molar-refractivity contribution < 1.29 is 0 Å². The minimum atomic E-state index is 0.904. The van der Waals surface area contributed by atoms with Gasteiger partial charge in [-0.15, -0.1) is 0 Å². The van der Waals surface area contributed by atoms with Crippen LogP contribution < -0.4 is 5.32 Å². The topological polar surface area (TPSA) is 12.0 Å². The van der Waals surface area contributed by atoms with E-state index in [2.05, 4.69) is 26.1 Å². The zero-order valence-corrected chi connectivity index (χ0v) is 10.6. The fourth-order valence-electron chi connectivity index (χ4n) is 4.09. The summed E-state index contributed by atoms with van der Waals surface area (Å²) in [6.45, 7) is 9.86. The Balaban J connectivity index is 1.95. The first-order chi connectivity index (χ1) is 7.16. The highest BCUT2D eigenvalue weighted by Crippen LogP contribution is 2.41. The molecule has 1 heterocycles. The molecular weight excluding hydrogens is 182 g/mol. The molecule has 0 radical (unpaired) electrons. The van der Waals surface area contributed by atoms with Gasteiger partial charge in [-0.1, -0.05) is 20.8 Å². The van der Waals surface area contributed by atoms with Gasteiger partial charge >= 0.3 is 0 Å². The van der Waals surface area contributed by atoms with Gasteiger partial charge in [-0.3, -0.25) is 0 Å². The maximum absolute atomic E-state index is 3.53. The first-order valence-electron chi connectivity index (χ1n) is 6.87. The van der Waals surface area contributed by atoms with Gasteiger partial charge in [-0.25, -0.2) is 0 Å². The van der Waals surface area contributed by atoms with Crippen molar-refractivity contribution in [3.63, 3.8) is 0 Å². The highest BCUT2D eigenvalue weighted by molar-refractivity contribution is 4.85. The number of piperidine rings is 1. The molecule has 15 heavy (non-hydrogen) atoms. The molecule has 2 aliphatic rings. The van der Waals surface area contributed by atoms with E-state index >= 15 is 0 Å². The number of hydrogen-bond acceptors (Lipinski definition) is 1. The van der Waals surface area contributed by atoms with E-state index in [0.717, 1.165) is 29.6 Å². The number of hydrogen-bond donors (Lipinski definition) is 1. The average Bonchev–Trinajstić information content (AvgIpc) is 2.16.